The maximum atomic E-state index is 5.81. The Labute approximate surface area is 98.8 Å². The van der Waals surface area contributed by atoms with Gasteiger partial charge in [-0.15, -0.1) is 0 Å². The summed E-state index contributed by atoms with van der Waals surface area (Å²) in [6.45, 7) is 3.83. The summed E-state index contributed by atoms with van der Waals surface area (Å²) in [5, 5.41) is 4.62. The third kappa shape index (κ3) is 2.17. The van der Waals surface area contributed by atoms with Crippen molar-refractivity contribution in [2.24, 2.45) is 7.05 Å². The summed E-state index contributed by atoms with van der Waals surface area (Å²) in [4.78, 5) is 3.97. The van der Waals surface area contributed by atoms with E-state index in [-0.39, 0.29) is 0 Å². The van der Waals surface area contributed by atoms with Gasteiger partial charge in [-0.1, -0.05) is 11.6 Å². The average molecular weight is 238 g/mol. The lowest BCUT2D eigenvalue weighted by Gasteiger charge is -2.07. The summed E-state index contributed by atoms with van der Waals surface area (Å²) in [6, 6.07) is 3.56. The molecule has 0 aliphatic rings. The Morgan fingerprint density at radius 2 is 2.06 bits per heavy atom. The van der Waals surface area contributed by atoms with E-state index >= 15 is 0 Å². The van der Waals surface area contributed by atoms with Gasteiger partial charge >= 0.3 is 0 Å². The van der Waals surface area contributed by atoms with Crippen molar-refractivity contribution in [2.75, 3.05) is 0 Å². The van der Waals surface area contributed by atoms with Gasteiger partial charge in [-0.3, -0.25) is 0 Å². The molecule has 84 valence electrons. The summed E-state index contributed by atoms with van der Waals surface area (Å²) in [6.07, 6.45) is 1.68. The monoisotopic (exact) mass is 237 g/mol. The van der Waals surface area contributed by atoms with Gasteiger partial charge < -0.3 is 4.74 Å². The molecule has 0 radical (unpaired) electrons. The van der Waals surface area contributed by atoms with E-state index < -0.39 is 0 Å². The van der Waals surface area contributed by atoms with Crippen LogP contribution < -0.4 is 4.74 Å². The van der Waals surface area contributed by atoms with E-state index in [0.717, 1.165) is 11.3 Å². The topological polar surface area (TPSA) is 39.9 Å². The lowest BCUT2D eigenvalue weighted by molar-refractivity contribution is 0.427. The smallest absolute Gasteiger partial charge is 0.217 e. The van der Waals surface area contributed by atoms with E-state index in [1.165, 1.54) is 0 Å². The van der Waals surface area contributed by atoms with E-state index in [9.17, 15) is 0 Å². The maximum absolute atomic E-state index is 5.81. The molecule has 0 amide bonds. The SMILES string of the molecule is Cc1cc(Oc2cc(Cl)ncc2C)n(C)n1. The second-order valence-electron chi connectivity index (χ2n) is 3.62. The van der Waals surface area contributed by atoms with Gasteiger partial charge in [0, 0.05) is 30.9 Å². The summed E-state index contributed by atoms with van der Waals surface area (Å²) in [5.41, 5.74) is 1.85. The highest BCUT2D eigenvalue weighted by molar-refractivity contribution is 6.29. The molecule has 2 aromatic heterocycles. The van der Waals surface area contributed by atoms with E-state index in [2.05, 4.69) is 10.1 Å². The highest BCUT2D eigenvalue weighted by Gasteiger charge is 2.07. The molecular formula is C11H12ClN3O. The molecule has 0 aromatic carbocycles. The minimum atomic E-state index is 0.416. The lowest BCUT2D eigenvalue weighted by atomic mass is 10.3. The van der Waals surface area contributed by atoms with Gasteiger partial charge in [-0.25, -0.2) is 9.67 Å². The Kier molecular flexibility index (Phi) is 2.83. The van der Waals surface area contributed by atoms with Crippen LogP contribution in [-0.4, -0.2) is 14.8 Å². The molecule has 0 saturated carbocycles. The maximum Gasteiger partial charge on any atom is 0.217 e. The fourth-order valence-corrected chi connectivity index (χ4v) is 1.53. The Morgan fingerprint density at radius 3 is 2.69 bits per heavy atom. The number of aryl methyl sites for hydroxylation is 3. The second kappa shape index (κ2) is 4.14. The first-order chi connectivity index (χ1) is 7.56. The van der Waals surface area contributed by atoms with Crippen LogP contribution in [0.3, 0.4) is 0 Å². The number of ether oxygens (including phenoxy) is 1. The van der Waals surface area contributed by atoms with Gasteiger partial charge in [0.15, 0.2) is 0 Å². The fourth-order valence-electron chi connectivity index (χ4n) is 1.39. The van der Waals surface area contributed by atoms with Crippen LogP contribution in [-0.2, 0) is 7.05 Å². The summed E-state index contributed by atoms with van der Waals surface area (Å²) < 4.78 is 7.40. The predicted octanol–water partition coefficient (Wildman–Crippen LogP) is 2.88. The van der Waals surface area contributed by atoms with Crippen LogP contribution in [0, 0.1) is 13.8 Å². The molecule has 0 aliphatic heterocycles. The molecule has 0 aliphatic carbocycles. The van der Waals surface area contributed by atoms with E-state index in [0.29, 0.717) is 16.8 Å². The third-order valence-electron chi connectivity index (χ3n) is 2.19. The molecule has 0 fully saturated rings. The molecule has 4 nitrogen and oxygen atoms in total. The zero-order valence-electron chi connectivity index (χ0n) is 9.36. The van der Waals surface area contributed by atoms with Crippen molar-refractivity contribution < 1.29 is 4.74 Å². The van der Waals surface area contributed by atoms with Crippen molar-refractivity contribution in [3.63, 3.8) is 0 Å². The Hall–Kier alpha value is -1.55. The molecule has 2 aromatic rings. The molecule has 0 atom stereocenters. The fraction of sp³-hybridized carbons (Fsp3) is 0.273. The number of aromatic nitrogens is 3. The second-order valence-corrected chi connectivity index (χ2v) is 4.01. The lowest BCUT2D eigenvalue weighted by Crippen LogP contribution is -1.96. The first-order valence-electron chi connectivity index (χ1n) is 4.87. The number of hydrogen-bond donors (Lipinski definition) is 0. The zero-order valence-corrected chi connectivity index (χ0v) is 10.1. The van der Waals surface area contributed by atoms with E-state index in [1.54, 1.807) is 16.9 Å². The summed E-state index contributed by atoms with van der Waals surface area (Å²) >= 11 is 5.81. The minimum Gasteiger partial charge on any atom is -0.439 e. The first kappa shape index (κ1) is 11.0. The van der Waals surface area contributed by atoms with Crippen LogP contribution in [0.25, 0.3) is 0 Å². The standard InChI is InChI=1S/C11H12ClN3O/c1-7-6-13-10(12)5-9(7)16-11-4-8(2)14-15(11)3/h4-6H,1-3H3. The van der Waals surface area contributed by atoms with Crippen molar-refractivity contribution in [1.29, 1.82) is 0 Å². The largest absolute Gasteiger partial charge is 0.439 e. The van der Waals surface area contributed by atoms with Crippen molar-refractivity contribution >= 4 is 11.6 Å². The highest BCUT2D eigenvalue weighted by atomic mass is 35.5. The zero-order chi connectivity index (χ0) is 11.7. The molecule has 0 unspecified atom stereocenters. The molecular weight excluding hydrogens is 226 g/mol. The normalized spacial score (nSPS) is 10.5. The van der Waals surface area contributed by atoms with Gasteiger partial charge in [0.25, 0.3) is 0 Å². The molecule has 0 saturated heterocycles. The molecule has 0 N–H and O–H groups in total. The van der Waals surface area contributed by atoms with Crippen molar-refractivity contribution in [3.05, 3.63) is 34.7 Å². The van der Waals surface area contributed by atoms with Gasteiger partial charge in [0.2, 0.25) is 5.88 Å². The van der Waals surface area contributed by atoms with Crippen LogP contribution in [0.4, 0.5) is 0 Å². The Balaban J connectivity index is 2.33. The minimum absolute atomic E-state index is 0.416. The molecule has 16 heavy (non-hydrogen) atoms. The number of pyridine rings is 1. The van der Waals surface area contributed by atoms with Crippen LogP contribution in [0.15, 0.2) is 18.3 Å². The van der Waals surface area contributed by atoms with Crippen LogP contribution in [0.5, 0.6) is 11.6 Å². The first-order valence-corrected chi connectivity index (χ1v) is 5.24. The number of rotatable bonds is 2. The summed E-state index contributed by atoms with van der Waals surface area (Å²) in [5.74, 6) is 1.38. The number of hydrogen-bond acceptors (Lipinski definition) is 3. The van der Waals surface area contributed by atoms with Gasteiger partial charge in [-0.05, 0) is 13.8 Å². The van der Waals surface area contributed by atoms with Gasteiger partial charge in [0.05, 0.1) is 5.69 Å². The molecule has 0 bridgehead atoms. The number of nitrogens with zero attached hydrogens (tertiary/aromatic N) is 3. The Bertz CT molecular complexity index is 522. The molecule has 2 rings (SSSR count). The molecule has 2 heterocycles. The van der Waals surface area contributed by atoms with E-state index in [1.807, 2.05) is 27.0 Å². The predicted molar refractivity (Wildman–Crippen MR) is 62.0 cm³/mol. The molecule has 0 spiro atoms. The van der Waals surface area contributed by atoms with Gasteiger partial charge in [-0.2, -0.15) is 5.10 Å². The molecule has 5 heteroatoms. The van der Waals surface area contributed by atoms with Gasteiger partial charge in [0.1, 0.15) is 10.9 Å². The average Bonchev–Trinajstić information content (AvgIpc) is 2.51. The quantitative estimate of drug-likeness (QED) is 0.754. The van der Waals surface area contributed by atoms with Crippen molar-refractivity contribution in [1.82, 2.24) is 14.8 Å². The number of halogens is 1. The highest BCUT2D eigenvalue weighted by Crippen LogP contribution is 2.26. The Morgan fingerprint density at radius 1 is 1.31 bits per heavy atom. The summed E-state index contributed by atoms with van der Waals surface area (Å²) in [7, 11) is 1.83. The third-order valence-corrected chi connectivity index (χ3v) is 2.40. The van der Waals surface area contributed by atoms with Crippen molar-refractivity contribution in [3.8, 4) is 11.6 Å². The van der Waals surface area contributed by atoms with Crippen LogP contribution in [0.1, 0.15) is 11.3 Å². The van der Waals surface area contributed by atoms with Crippen LogP contribution >= 0.6 is 11.6 Å². The van der Waals surface area contributed by atoms with Crippen LogP contribution in [0.2, 0.25) is 5.15 Å². The van der Waals surface area contributed by atoms with Crippen molar-refractivity contribution in [2.45, 2.75) is 13.8 Å². The van der Waals surface area contributed by atoms with E-state index in [4.69, 9.17) is 16.3 Å².